The van der Waals surface area contributed by atoms with Crippen LogP contribution in [0.1, 0.15) is 16.7 Å². The Labute approximate surface area is 110 Å². The Morgan fingerprint density at radius 3 is 2.61 bits per heavy atom. The molecule has 2 aromatic heterocycles. The van der Waals surface area contributed by atoms with Crippen molar-refractivity contribution < 1.29 is 17.6 Å². The molecule has 1 N–H and O–H groups in total. The largest absolute Gasteiger partial charge is 0.467 e. The third-order valence-electron chi connectivity index (χ3n) is 2.21. The molecule has 1 atom stereocenters. The molecule has 0 saturated carbocycles. The number of furan rings is 1. The minimum Gasteiger partial charge on any atom is -0.467 e. The molecule has 0 amide bonds. The molecule has 0 spiro atoms. The van der Waals surface area contributed by atoms with E-state index in [2.05, 4.69) is 5.32 Å². The predicted molar refractivity (Wildman–Crippen MR) is 63.9 cm³/mol. The van der Waals surface area contributed by atoms with Crippen LogP contribution in [0.4, 0.5) is 13.2 Å². The zero-order valence-corrected chi connectivity index (χ0v) is 10.6. The second-order valence-corrected chi connectivity index (χ2v) is 5.33. The van der Waals surface area contributed by atoms with Gasteiger partial charge in [0.2, 0.25) is 0 Å². The molecule has 0 aliphatic rings. The Morgan fingerprint density at radius 1 is 1.33 bits per heavy atom. The summed E-state index contributed by atoms with van der Waals surface area (Å²) in [5.74, 6) is 0.428. The Kier molecular flexibility index (Phi) is 3.99. The van der Waals surface area contributed by atoms with Crippen LogP contribution in [0.15, 0.2) is 34.9 Å². The van der Waals surface area contributed by atoms with Crippen molar-refractivity contribution in [3.63, 3.8) is 0 Å². The molecule has 1 unspecified atom stereocenters. The minimum absolute atomic E-state index is 0.428. The van der Waals surface area contributed by atoms with Gasteiger partial charge in [0.15, 0.2) is 0 Å². The Morgan fingerprint density at radius 2 is 2.11 bits per heavy atom. The number of rotatable bonds is 4. The van der Waals surface area contributed by atoms with Crippen LogP contribution in [0, 0.1) is 0 Å². The Bertz CT molecular complexity index is 495. The standard InChI is InChI=1S/C11H9ClF3NOS/c12-9-4-3-8(18-9)10(7-2-1-5-17-7)16-6-11(13,14)15/h1-5,10,16H,6H2. The van der Waals surface area contributed by atoms with Crippen molar-refractivity contribution in [2.45, 2.75) is 12.2 Å². The third-order valence-corrected chi connectivity index (χ3v) is 3.51. The first kappa shape index (κ1) is 13.5. The van der Waals surface area contributed by atoms with Crippen LogP contribution >= 0.6 is 22.9 Å². The topological polar surface area (TPSA) is 25.2 Å². The summed E-state index contributed by atoms with van der Waals surface area (Å²) in [6, 6.07) is 5.95. The number of hydrogen-bond donors (Lipinski definition) is 1. The monoisotopic (exact) mass is 295 g/mol. The highest BCUT2D eigenvalue weighted by molar-refractivity contribution is 7.16. The SMILES string of the molecule is FC(F)(F)CNC(c1ccco1)c1ccc(Cl)s1. The average Bonchev–Trinajstić information content (AvgIpc) is 2.89. The van der Waals surface area contributed by atoms with E-state index < -0.39 is 18.8 Å². The fraction of sp³-hybridized carbons (Fsp3) is 0.273. The van der Waals surface area contributed by atoms with E-state index in [1.54, 1.807) is 24.3 Å². The lowest BCUT2D eigenvalue weighted by atomic mass is 10.2. The lowest BCUT2D eigenvalue weighted by molar-refractivity contribution is -0.125. The highest BCUT2D eigenvalue weighted by Gasteiger charge is 2.30. The second-order valence-electron chi connectivity index (χ2n) is 3.59. The van der Waals surface area contributed by atoms with E-state index in [1.165, 1.54) is 17.6 Å². The summed E-state index contributed by atoms with van der Waals surface area (Å²) < 4.78 is 42.5. The van der Waals surface area contributed by atoms with Gasteiger partial charge in [0, 0.05) is 4.88 Å². The number of halogens is 4. The molecule has 0 bridgehead atoms. The van der Waals surface area contributed by atoms with Crippen LogP contribution in [0.2, 0.25) is 4.34 Å². The van der Waals surface area contributed by atoms with Crippen molar-refractivity contribution in [3.8, 4) is 0 Å². The van der Waals surface area contributed by atoms with Gasteiger partial charge >= 0.3 is 6.18 Å². The van der Waals surface area contributed by atoms with E-state index in [0.29, 0.717) is 15.0 Å². The van der Waals surface area contributed by atoms with Crippen LogP contribution < -0.4 is 5.32 Å². The van der Waals surface area contributed by atoms with Crippen molar-refractivity contribution in [1.82, 2.24) is 5.32 Å². The van der Waals surface area contributed by atoms with Gasteiger partial charge in [-0.1, -0.05) is 11.6 Å². The van der Waals surface area contributed by atoms with E-state index in [9.17, 15) is 13.2 Å². The second kappa shape index (κ2) is 5.34. The molecule has 0 saturated heterocycles. The molecule has 0 aliphatic heterocycles. The van der Waals surface area contributed by atoms with Crippen LogP contribution in [0.3, 0.4) is 0 Å². The predicted octanol–water partition coefficient (Wildman–Crippen LogP) is 4.24. The molecule has 2 heterocycles. The summed E-state index contributed by atoms with van der Waals surface area (Å²) in [7, 11) is 0. The van der Waals surface area contributed by atoms with Gasteiger partial charge in [0.25, 0.3) is 0 Å². The molecule has 0 radical (unpaired) electrons. The van der Waals surface area contributed by atoms with Gasteiger partial charge in [-0.05, 0) is 24.3 Å². The molecule has 98 valence electrons. The Hall–Kier alpha value is -0.980. The molecule has 0 aliphatic carbocycles. The maximum Gasteiger partial charge on any atom is 0.401 e. The number of nitrogens with one attached hydrogen (secondary N) is 1. The number of thiophene rings is 1. The smallest absolute Gasteiger partial charge is 0.401 e. The van der Waals surface area contributed by atoms with Gasteiger partial charge in [-0.3, -0.25) is 5.32 Å². The molecule has 2 nitrogen and oxygen atoms in total. The molecular weight excluding hydrogens is 287 g/mol. The number of hydrogen-bond acceptors (Lipinski definition) is 3. The Balaban J connectivity index is 2.19. The average molecular weight is 296 g/mol. The lowest BCUT2D eigenvalue weighted by Crippen LogP contribution is -2.32. The molecule has 0 fully saturated rings. The van der Waals surface area contributed by atoms with Gasteiger partial charge in [0.1, 0.15) is 11.8 Å². The van der Waals surface area contributed by atoms with Crippen molar-refractivity contribution in [3.05, 3.63) is 45.5 Å². The van der Waals surface area contributed by atoms with Crippen molar-refractivity contribution >= 4 is 22.9 Å². The van der Waals surface area contributed by atoms with Crippen LogP contribution in [0.25, 0.3) is 0 Å². The minimum atomic E-state index is -4.27. The van der Waals surface area contributed by atoms with Gasteiger partial charge in [-0.25, -0.2) is 0 Å². The van der Waals surface area contributed by atoms with Gasteiger partial charge in [-0.15, -0.1) is 11.3 Å². The van der Waals surface area contributed by atoms with E-state index in [0.717, 1.165) is 0 Å². The van der Waals surface area contributed by atoms with Crippen LogP contribution in [0.5, 0.6) is 0 Å². The first-order chi connectivity index (χ1) is 8.46. The molecule has 2 rings (SSSR count). The van der Waals surface area contributed by atoms with E-state index in [-0.39, 0.29) is 0 Å². The fourth-order valence-corrected chi connectivity index (χ4v) is 2.64. The highest BCUT2D eigenvalue weighted by Crippen LogP contribution is 2.31. The summed E-state index contributed by atoms with van der Waals surface area (Å²) in [6.07, 6.45) is -2.85. The fourth-order valence-electron chi connectivity index (χ4n) is 1.50. The maximum atomic E-state index is 12.3. The van der Waals surface area contributed by atoms with Crippen LogP contribution in [-0.4, -0.2) is 12.7 Å². The van der Waals surface area contributed by atoms with E-state index in [4.69, 9.17) is 16.0 Å². The molecule has 7 heteroatoms. The zero-order valence-electron chi connectivity index (χ0n) is 9.00. The maximum absolute atomic E-state index is 12.3. The highest BCUT2D eigenvalue weighted by atomic mass is 35.5. The van der Waals surface area contributed by atoms with Gasteiger partial charge in [-0.2, -0.15) is 13.2 Å². The van der Waals surface area contributed by atoms with E-state index >= 15 is 0 Å². The lowest BCUT2D eigenvalue weighted by Gasteiger charge is -2.16. The zero-order chi connectivity index (χ0) is 13.2. The van der Waals surface area contributed by atoms with Crippen molar-refractivity contribution in [1.29, 1.82) is 0 Å². The molecule has 0 aromatic carbocycles. The van der Waals surface area contributed by atoms with Crippen molar-refractivity contribution in [2.24, 2.45) is 0 Å². The number of alkyl halides is 3. The summed E-state index contributed by atoms with van der Waals surface area (Å²) in [6.45, 7) is -1.09. The van der Waals surface area contributed by atoms with Crippen LogP contribution in [-0.2, 0) is 0 Å². The molecular formula is C11H9ClF3NOS. The summed E-state index contributed by atoms with van der Waals surface area (Å²) >= 11 is 7.01. The van der Waals surface area contributed by atoms with Gasteiger partial charge in [0.05, 0.1) is 17.1 Å². The third kappa shape index (κ3) is 3.51. The first-order valence-corrected chi connectivity index (χ1v) is 6.24. The molecule has 18 heavy (non-hydrogen) atoms. The van der Waals surface area contributed by atoms with Gasteiger partial charge < -0.3 is 4.42 Å². The first-order valence-electron chi connectivity index (χ1n) is 5.04. The quantitative estimate of drug-likeness (QED) is 0.913. The molecule has 2 aromatic rings. The summed E-state index contributed by atoms with van der Waals surface area (Å²) in [5, 5.41) is 2.42. The summed E-state index contributed by atoms with van der Waals surface area (Å²) in [4.78, 5) is 0.680. The normalized spacial score (nSPS) is 13.8. The van der Waals surface area contributed by atoms with Crippen molar-refractivity contribution in [2.75, 3.05) is 6.54 Å². The van der Waals surface area contributed by atoms with E-state index in [1.807, 2.05) is 0 Å². The summed E-state index contributed by atoms with van der Waals surface area (Å²) in [5.41, 5.74) is 0.